The highest BCUT2D eigenvalue weighted by Crippen LogP contribution is 2.23. The molecule has 2 aromatic carbocycles. The van der Waals surface area contributed by atoms with Crippen LogP contribution in [-0.2, 0) is 11.4 Å². The van der Waals surface area contributed by atoms with Crippen molar-refractivity contribution < 1.29 is 28.3 Å². The number of carbonyl (C=O) groups is 3. The predicted molar refractivity (Wildman–Crippen MR) is 99.0 cm³/mol. The van der Waals surface area contributed by atoms with E-state index >= 15 is 0 Å². The van der Waals surface area contributed by atoms with Gasteiger partial charge in [-0.1, -0.05) is 22.4 Å². The summed E-state index contributed by atoms with van der Waals surface area (Å²) in [6.45, 7) is 2.05. The molecule has 0 aliphatic carbocycles. The maximum absolute atomic E-state index is 12.9. The molecular weight excluding hydrogens is 395 g/mol. The minimum absolute atomic E-state index is 0.131. The van der Waals surface area contributed by atoms with E-state index in [-0.39, 0.29) is 35.8 Å². The average molecular weight is 410 g/mol. The van der Waals surface area contributed by atoms with Crippen LogP contribution in [0.25, 0.3) is 0 Å². The average Bonchev–Trinajstić information content (AvgIpc) is 3.23. The van der Waals surface area contributed by atoms with E-state index in [0.717, 1.165) is 0 Å². The van der Waals surface area contributed by atoms with Crippen LogP contribution in [-0.4, -0.2) is 44.4 Å². The standard InChI is InChI=1S/C20H15FN4O5/c1-12-17(22-23-24(12)10-11-29-14-8-6-13(21)7-9-14)20(28)30-25-18(26)15-4-2-3-5-16(15)19(25)27/h2-9H,10-11H2,1H3. The van der Waals surface area contributed by atoms with Crippen LogP contribution >= 0.6 is 0 Å². The van der Waals surface area contributed by atoms with Gasteiger partial charge in [-0.2, -0.15) is 0 Å². The molecular formula is C20H15FN4O5. The molecule has 0 atom stereocenters. The second kappa shape index (κ2) is 7.74. The number of halogens is 1. The van der Waals surface area contributed by atoms with Crippen LogP contribution in [0.2, 0.25) is 0 Å². The van der Waals surface area contributed by atoms with E-state index in [4.69, 9.17) is 9.57 Å². The van der Waals surface area contributed by atoms with Gasteiger partial charge in [-0.05, 0) is 43.3 Å². The summed E-state index contributed by atoms with van der Waals surface area (Å²) in [7, 11) is 0. The lowest BCUT2D eigenvalue weighted by molar-refractivity contribution is -0.0589. The fourth-order valence-electron chi connectivity index (χ4n) is 2.92. The number of fused-ring (bicyclic) bond motifs is 1. The van der Waals surface area contributed by atoms with Gasteiger partial charge in [-0.25, -0.2) is 13.9 Å². The number of hydroxylamine groups is 2. The van der Waals surface area contributed by atoms with Crippen molar-refractivity contribution in [2.45, 2.75) is 13.5 Å². The number of nitrogens with zero attached hydrogens (tertiary/aromatic N) is 4. The number of rotatable bonds is 6. The van der Waals surface area contributed by atoms with Gasteiger partial charge in [0, 0.05) is 0 Å². The van der Waals surface area contributed by atoms with Gasteiger partial charge in [0.25, 0.3) is 11.8 Å². The number of benzene rings is 2. The number of carbonyl (C=O) groups excluding carboxylic acids is 3. The largest absolute Gasteiger partial charge is 0.492 e. The minimum Gasteiger partial charge on any atom is -0.492 e. The summed E-state index contributed by atoms with van der Waals surface area (Å²) in [6.07, 6.45) is 0. The van der Waals surface area contributed by atoms with Crippen LogP contribution in [0.1, 0.15) is 36.9 Å². The van der Waals surface area contributed by atoms with Crippen molar-refractivity contribution in [1.29, 1.82) is 0 Å². The van der Waals surface area contributed by atoms with Crippen LogP contribution in [0, 0.1) is 12.7 Å². The van der Waals surface area contributed by atoms with Gasteiger partial charge >= 0.3 is 5.97 Å². The molecule has 2 amide bonds. The number of hydrogen-bond acceptors (Lipinski definition) is 7. The Hall–Kier alpha value is -4.08. The zero-order valence-corrected chi connectivity index (χ0v) is 15.7. The highest BCUT2D eigenvalue weighted by Gasteiger charge is 2.39. The SMILES string of the molecule is Cc1c(C(=O)ON2C(=O)c3ccccc3C2=O)nnn1CCOc1ccc(F)cc1. The molecule has 1 aliphatic rings. The molecule has 30 heavy (non-hydrogen) atoms. The van der Waals surface area contributed by atoms with Gasteiger partial charge in [0.15, 0.2) is 5.69 Å². The molecule has 0 N–H and O–H groups in total. The van der Waals surface area contributed by atoms with Crippen LogP contribution in [0.5, 0.6) is 5.75 Å². The van der Waals surface area contributed by atoms with Crippen molar-refractivity contribution in [1.82, 2.24) is 20.1 Å². The van der Waals surface area contributed by atoms with Crippen LogP contribution < -0.4 is 4.74 Å². The molecule has 0 saturated heterocycles. The fraction of sp³-hybridized carbons (Fsp3) is 0.150. The third-order valence-corrected chi connectivity index (χ3v) is 4.49. The van der Waals surface area contributed by atoms with Crippen molar-refractivity contribution >= 4 is 17.8 Å². The van der Waals surface area contributed by atoms with E-state index in [2.05, 4.69) is 10.3 Å². The van der Waals surface area contributed by atoms with Crippen LogP contribution in [0.3, 0.4) is 0 Å². The summed E-state index contributed by atoms with van der Waals surface area (Å²) in [5.41, 5.74) is 0.565. The van der Waals surface area contributed by atoms with Crippen LogP contribution in [0.15, 0.2) is 48.5 Å². The third kappa shape index (κ3) is 3.50. The number of ether oxygens (including phenoxy) is 1. The van der Waals surface area contributed by atoms with E-state index in [9.17, 15) is 18.8 Å². The third-order valence-electron chi connectivity index (χ3n) is 4.49. The predicted octanol–water partition coefficient (Wildman–Crippen LogP) is 2.17. The number of imide groups is 1. The molecule has 1 aromatic heterocycles. The van der Waals surface area contributed by atoms with Gasteiger partial charge in [-0.15, -0.1) is 5.10 Å². The molecule has 0 unspecified atom stereocenters. The Labute approximate surface area is 169 Å². The Morgan fingerprint density at radius 3 is 2.30 bits per heavy atom. The maximum Gasteiger partial charge on any atom is 0.385 e. The Balaban J connectivity index is 1.40. The Morgan fingerprint density at radius 1 is 1.03 bits per heavy atom. The van der Waals surface area contributed by atoms with Crippen LogP contribution in [0.4, 0.5) is 4.39 Å². The zero-order chi connectivity index (χ0) is 21.3. The minimum atomic E-state index is -0.979. The van der Waals surface area contributed by atoms with Gasteiger partial charge in [0.1, 0.15) is 18.2 Å². The second-order valence-corrected chi connectivity index (χ2v) is 6.38. The summed E-state index contributed by atoms with van der Waals surface area (Å²) in [5, 5.41) is 8.07. The molecule has 3 aromatic rings. The lowest BCUT2D eigenvalue weighted by Crippen LogP contribution is -2.33. The summed E-state index contributed by atoms with van der Waals surface area (Å²) < 4.78 is 19.8. The summed E-state index contributed by atoms with van der Waals surface area (Å²) in [6, 6.07) is 11.7. The highest BCUT2D eigenvalue weighted by atomic mass is 19.1. The van der Waals surface area contributed by atoms with Gasteiger partial charge < -0.3 is 9.57 Å². The number of aromatic nitrogens is 3. The van der Waals surface area contributed by atoms with Crippen molar-refractivity contribution in [2.24, 2.45) is 0 Å². The molecule has 2 heterocycles. The normalized spacial score (nSPS) is 12.8. The van der Waals surface area contributed by atoms with Crippen molar-refractivity contribution in [3.05, 3.63) is 76.9 Å². The zero-order valence-electron chi connectivity index (χ0n) is 15.7. The van der Waals surface area contributed by atoms with Gasteiger partial charge in [0.05, 0.1) is 23.4 Å². The molecule has 0 spiro atoms. The molecule has 9 nitrogen and oxygen atoms in total. The molecule has 0 fully saturated rings. The van der Waals surface area contributed by atoms with Gasteiger partial charge in [0.2, 0.25) is 0 Å². The summed E-state index contributed by atoms with van der Waals surface area (Å²) in [5.74, 6) is -2.30. The maximum atomic E-state index is 12.9. The smallest absolute Gasteiger partial charge is 0.385 e. The monoisotopic (exact) mass is 410 g/mol. The molecule has 1 aliphatic heterocycles. The Kier molecular flexibility index (Phi) is 4.97. The van der Waals surface area contributed by atoms with E-state index in [1.807, 2.05) is 0 Å². The quantitative estimate of drug-likeness (QED) is 0.574. The lowest BCUT2D eigenvalue weighted by atomic mass is 10.1. The van der Waals surface area contributed by atoms with Gasteiger partial charge in [-0.3, -0.25) is 9.59 Å². The van der Waals surface area contributed by atoms with E-state index in [0.29, 0.717) is 16.5 Å². The molecule has 0 radical (unpaired) electrons. The first-order valence-electron chi connectivity index (χ1n) is 8.94. The topological polar surface area (TPSA) is 104 Å². The first-order valence-corrected chi connectivity index (χ1v) is 8.94. The molecule has 152 valence electrons. The highest BCUT2D eigenvalue weighted by molar-refractivity contribution is 6.21. The first kappa shape index (κ1) is 19.2. The van der Waals surface area contributed by atoms with Crippen molar-refractivity contribution in [3.8, 4) is 5.75 Å². The van der Waals surface area contributed by atoms with E-state index < -0.39 is 17.8 Å². The fourth-order valence-corrected chi connectivity index (χ4v) is 2.92. The Bertz CT molecular complexity index is 1110. The lowest BCUT2D eigenvalue weighted by Gasteiger charge is -2.12. The molecule has 4 rings (SSSR count). The summed E-state index contributed by atoms with van der Waals surface area (Å²) >= 11 is 0. The van der Waals surface area contributed by atoms with E-state index in [1.54, 1.807) is 19.1 Å². The number of amides is 2. The second-order valence-electron chi connectivity index (χ2n) is 6.38. The van der Waals surface area contributed by atoms with Crippen molar-refractivity contribution in [3.63, 3.8) is 0 Å². The number of hydrogen-bond donors (Lipinski definition) is 0. The molecule has 0 bridgehead atoms. The summed E-state index contributed by atoms with van der Waals surface area (Å²) in [4.78, 5) is 42.1. The van der Waals surface area contributed by atoms with Crippen molar-refractivity contribution in [2.75, 3.05) is 6.61 Å². The molecule has 0 saturated carbocycles. The Morgan fingerprint density at radius 2 is 1.67 bits per heavy atom. The van der Waals surface area contributed by atoms with E-state index in [1.165, 1.54) is 41.1 Å². The molecule has 10 heteroatoms. The first-order chi connectivity index (χ1) is 14.5.